The summed E-state index contributed by atoms with van der Waals surface area (Å²) < 4.78 is 0. The zero-order chi connectivity index (χ0) is 9.78. The maximum absolute atomic E-state index is 4.55. The summed E-state index contributed by atoms with van der Waals surface area (Å²) in [6, 6.07) is 0. The second-order valence-electron chi connectivity index (χ2n) is 2.78. The fourth-order valence-electron chi connectivity index (χ4n) is 0.966. The minimum atomic E-state index is 0.973. The van der Waals surface area contributed by atoms with Gasteiger partial charge in [0.15, 0.2) is 0 Å². The van der Waals surface area contributed by atoms with E-state index in [0.29, 0.717) is 0 Å². The van der Waals surface area contributed by atoms with Gasteiger partial charge in [0, 0.05) is 19.1 Å². The molecule has 74 valence electrons. The van der Waals surface area contributed by atoms with Crippen molar-refractivity contribution in [1.29, 1.82) is 0 Å². The number of nitrogens with zero attached hydrogens (tertiary/aromatic N) is 1. The van der Waals surface area contributed by atoms with Gasteiger partial charge in [-0.05, 0) is 19.3 Å². The first kappa shape index (κ1) is 12.0. The molecule has 0 atom stereocenters. The zero-order valence-corrected chi connectivity index (χ0v) is 8.68. The van der Waals surface area contributed by atoms with E-state index in [1.165, 1.54) is 19.3 Å². The Hall–Kier alpha value is -0.970. The van der Waals surface area contributed by atoms with Gasteiger partial charge in [-0.25, -0.2) is 0 Å². The highest BCUT2D eigenvalue weighted by atomic mass is 16.6. The van der Waals surface area contributed by atoms with Crippen molar-refractivity contribution in [2.24, 2.45) is 5.16 Å². The molecule has 0 saturated carbocycles. The van der Waals surface area contributed by atoms with Crippen molar-refractivity contribution in [2.75, 3.05) is 7.11 Å². The lowest BCUT2D eigenvalue weighted by atomic mass is 10.1. The van der Waals surface area contributed by atoms with Crippen LogP contribution in [0.2, 0.25) is 0 Å². The highest BCUT2D eigenvalue weighted by Gasteiger charge is 1.85. The molecule has 0 saturated heterocycles. The Morgan fingerprint density at radius 2 is 2.08 bits per heavy atom. The van der Waals surface area contributed by atoms with Crippen LogP contribution in [-0.4, -0.2) is 13.3 Å². The third-order valence-electron chi connectivity index (χ3n) is 1.62. The monoisotopic (exact) mass is 181 g/mol. The predicted octanol–water partition coefficient (Wildman–Crippen LogP) is 2.98. The third-order valence-corrected chi connectivity index (χ3v) is 1.62. The van der Waals surface area contributed by atoms with Crippen molar-refractivity contribution in [1.82, 2.24) is 0 Å². The largest absolute Gasteiger partial charge is 0.399 e. The minimum absolute atomic E-state index is 0.973. The molecule has 2 nitrogen and oxygen atoms in total. The number of oxime groups is 1. The van der Waals surface area contributed by atoms with Gasteiger partial charge in [0.1, 0.15) is 7.11 Å². The molecule has 0 fully saturated rings. The van der Waals surface area contributed by atoms with Crippen LogP contribution in [0.5, 0.6) is 0 Å². The summed E-state index contributed by atoms with van der Waals surface area (Å²) in [5.41, 5.74) is 0. The van der Waals surface area contributed by atoms with E-state index in [1.54, 1.807) is 7.11 Å². The maximum atomic E-state index is 4.55. The first-order valence-electron chi connectivity index (χ1n) is 4.92. The molecule has 0 amide bonds. The Morgan fingerprint density at radius 3 is 2.77 bits per heavy atom. The number of hydrogen-bond donors (Lipinski definition) is 0. The predicted molar refractivity (Wildman–Crippen MR) is 56.7 cm³/mol. The molecule has 0 unspecified atom stereocenters. The molecule has 0 heterocycles. The first-order valence-corrected chi connectivity index (χ1v) is 4.92. The summed E-state index contributed by atoms with van der Waals surface area (Å²) in [6.07, 6.45) is 8.45. The van der Waals surface area contributed by atoms with Crippen molar-refractivity contribution in [2.45, 2.75) is 45.4 Å². The van der Waals surface area contributed by atoms with E-state index in [-0.39, 0.29) is 0 Å². The molecule has 0 aromatic carbocycles. The average Bonchev–Trinajstić information content (AvgIpc) is 2.16. The van der Waals surface area contributed by atoms with E-state index in [9.17, 15) is 0 Å². The lowest BCUT2D eigenvalue weighted by Gasteiger charge is -1.92. The molecule has 13 heavy (non-hydrogen) atoms. The third kappa shape index (κ3) is 11.0. The quantitative estimate of drug-likeness (QED) is 0.267. The second-order valence-corrected chi connectivity index (χ2v) is 2.78. The summed E-state index contributed by atoms with van der Waals surface area (Å²) in [4.78, 5) is 4.55. The van der Waals surface area contributed by atoms with Gasteiger partial charge >= 0.3 is 0 Å². The van der Waals surface area contributed by atoms with Crippen LogP contribution in [0.4, 0.5) is 0 Å². The van der Waals surface area contributed by atoms with Crippen molar-refractivity contribution in [3.05, 3.63) is 0 Å². The fourth-order valence-corrected chi connectivity index (χ4v) is 0.966. The van der Waals surface area contributed by atoms with Crippen molar-refractivity contribution in [3.8, 4) is 11.8 Å². The zero-order valence-electron chi connectivity index (χ0n) is 8.68. The Bertz CT molecular complexity index is 176. The van der Waals surface area contributed by atoms with Crippen LogP contribution in [0.3, 0.4) is 0 Å². The van der Waals surface area contributed by atoms with Crippen molar-refractivity contribution < 1.29 is 4.84 Å². The molecular formula is C11H19NO. The Balaban J connectivity index is 3.04. The van der Waals surface area contributed by atoms with E-state index in [0.717, 1.165) is 19.3 Å². The Morgan fingerprint density at radius 1 is 1.23 bits per heavy atom. The summed E-state index contributed by atoms with van der Waals surface area (Å²) >= 11 is 0. The van der Waals surface area contributed by atoms with Crippen LogP contribution in [0.25, 0.3) is 0 Å². The maximum Gasteiger partial charge on any atom is 0.106 e. The van der Waals surface area contributed by atoms with E-state index in [2.05, 4.69) is 28.8 Å². The van der Waals surface area contributed by atoms with E-state index in [4.69, 9.17) is 0 Å². The number of hydrogen-bond acceptors (Lipinski definition) is 2. The second kappa shape index (κ2) is 11.0. The van der Waals surface area contributed by atoms with Gasteiger partial charge in [-0.2, -0.15) is 0 Å². The number of unbranched alkanes of at least 4 members (excludes halogenated alkanes) is 4. The van der Waals surface area contributed by atoms with Gasteiger partial charge in [0.25, 0.3) is 0 Å². The van der Waals surface area contributed by atoms with Crippen LogP contribution < -0.4 is 0 Å². The molecule has 0 N–H and O–H groups in total. The van der Waals surface area contributed by atoms with Gasteiger partial charge in [0.2, 0.25) is 0 Å². The van der Waals surface area contributed by atoms with Crippen LogP contribution in [0.1, 0.15) is 45.4 Å². The summed E-state index contributed by atoms with van der Waals surface area (Å²) in [7, 11) is 1.57. The highest BCUT2D eigenvalue weighted by molar-refractivity contribution is 5.55. The molecule has 0 spiro atoms. The summed E-state index contributed by atoms with van der Waals surface area (Å²) in [5, 5.41) is 3.67. The molecular weight excluding hydrogens is 162 g/mol. The molecule has 0 aromatic rings. The Kier molecular flexibility index (Phi) is 10.2. The van der Waals surface area contributed by atoms with Gasteiger partial charge in [-0.1, -0.05) is 18.5 Å². The molecule has 0 aliphatic rings. The molecule has 0 radical (unpaired) electrons. The fraction of sp³-hybridized carbons (Fsp3) is 0.727. The molecule has 0 aromatic heterocycles. The van der Waals surface area contributed by atoms with E-state index >= 15 is 0 Å². The van der Waals surface area contributed by atoms with Crippen LogP contribution in [-0.2, 0) is 4.84 Å². The van der Waals surface area contributed by atoms with Gasteiger partial charge in [-0.3, -0.25) is 0 Å². The average molecular weight is 181 g/mol. The van der Waals surface area contributed by atoms with Crippen molar-refractivity contribution >= 4 is 6.21 Å². The molecule has 0 bridgehead atoms. The van der Waals surface area contributed by atoms with E-state index in [1.807, 2.05) is 6.21 Å². The van der Waals surface area contributed by atoms with Gasteiger partial charge in [0.05, 0.1) is 0 Å². The topological polar surface area (TPSA) is 21.6 Å². The SMILES string of the molecule is CCC#CCCCCCC=NOC. The van der Waals surface area contributed by atoms with Gasteiger partial charge < -0.3 is 4.84 Å². The highest BCUT2D eigenvalue weighted by Crippen LogP contribution is 2.00. The molecule has 0 rings (SSSR count). The van der Waals surface area contributed by atoms with Crippen LogP contribution in [0, 0.1) is 11.8 Å². The van der Waals surface area contributed by atoms with Crippen molar-refractivity contribution in [3.63, 3.8) is 0 Å². The van der Waals surface area contributed by atoms with Gasteiger partial charge in [-0.15, -0.1) is 11.8 Å². The first-order chi connectivity index (χ1) is 6.41. The summed E-state index contributed by atoms with van der Waals surface area (Å²) in [5.74, 6) is 6.19. The lowest BCUT2D eigenvalue weighted by Crippen LogP contribution is -1.80. The van der Waals surface area contributed by atoms with Crippen LogP contribution in [0.15, 0.2) is 5.16 Å². The molecule has 2 heteroatoms. The normalized spacial score (nSPS) is 9.69. The lowest BCUT2D eigenvalue weighted by molar-refractivity contribution is 0.214. The minimum Gasteiger partial charge on any atom is -0.399 e. The smallest absolute Gasteiger partial charge is 0.106 e. The standard InChI is InChI=1S/C11H19NO/c1-3-4-5-6-7-8-9-10-11-12-13-2/h11H,3,6-10H2,1-2H3. The Labute approximate surface area is 81.4 Å². The summed E-state index contributed by atoms with van der Waals surface area (Å²) in [6.45, 7) is 2.08. The van der Waals surface area contributed by atoms with Crippen LogP contribution >= 0.6 is 0 Å². The molecule has 0 aliphatic carbocycles. The number of rotatable bonds is 6. The van der Waals surface area contributed by atoms with E-state index < -0.39 is 0 Å². The molecule has 0 aliphatic heterocycles.